The SMILES string of the molecule is CCCNC(CCc1ccccc1F)c1ccccc1. The van der Waals surface area contributed by atoms with E-state index in [0.717, 1.165) is 31.4 Å². The van der Waals surface area contributed by atoms with Crippen LogP contribution in [-0.2, 0) is 6.42 Å². The highest BCUT2D eigenvalue weighted by Crippen LogP contribution is 2.20. The summed E-state index contributed by atoms with van der Waals surface area (Å²) in [5, 5.41) is 3.55. The molecule has 1 nitrogen and oxygen atoms in total. The van der Waals surface area contributed by atoms with Crippen molar-refractivity contribution in [1.29, 1.82) is 0 Å². The first-order valence-electron chi connectivity index (χ1n) is 7.33. The Morgan fingerprint density at radius 1 is 1.00 bits per heavy atom. The number of aryl methyl sites for hydroxylation is 1. The van der Waals surface area contributed by atoms with Gasteiger partial charge in [-0.1, -0.05) is 55.5 Å². The molecule has 0 saturated heterocycles. The van der Waals surface area contributed by atoms with Crippen molar-refractivity contribution in [2.24, 2.45) is 0 Å². The van der Waals surface area contributed by atoms with Gasteiger partial charge >= 0.3 is 0 Å². The molecular formula is C18H22FN. The largest absolute Gasteiger partial charge is 0.310 e. The van der Waals surface area contributed by atoms with E-state index in [1.54, 1.807) is 6.07 Å². The van der Waals surface area contributed by atoms with Crippen LogP contribution >= 0.6 is 0 Å². The molecule has 2 heteroatoms. The molecule has 0 saturated carbocycles. The van der Waals surface area contributed by atoms with Crippen LogP contribution in [0.5, 0.6) is 0 Å². The fourth-order valence-electron chi connectivity index (χ4n) is 2.39. The highest BCUT2D eigenvalue weighted by atomic mass is 19.1. The molecule has 1 N–H and O–H groups in total. The Morgan fingerprint density at radius 3 is 2.40 bits per heavy atom. The van der Waals surface area contributed by atoms with Gasteiger partial charge in [-0.3, -0.25) is 0 Å². The Bertz CT molecular complexity index is 510. The normalized spacial score (nSPS) is 12.3. The summed E-state index contributed by atoms with van der Waals surface area (Å²) in [4.78, 5) is 0. The summed E-state index contributed by atoms with van der Waals surface area (Å²) in [6, 6.07) is 17.7. The van der Waals surface area contributed by atoms with Crippen LogP contribution in [0.25, 0.3) is 0 Å². The van der Waals surface area contributed by atoms with E-state index in [4.69, 9.17) is 0 Å². The van der Waals surface area contributed by atoms with E-state index in [-0.39, 0.29) is 11.9 Å². The fourth-order valence-corrected chi connectivity index (χ4v) is 2.39. The van der Waals surface area contributed by atoms with Crippen molar-refractivity contribution < 1.29 is 4.39 Å². The highest BCUT2D eigenvalue weighted by molar-refractivity contribution is 5.21. The third-order valence-corrected chi connectivity index (χ3v) is 3.50. The quantitative estimate of drug-likeness (QED) is 0.782. The van der Waals surface area contributed by atoms with Gasteiger partial charge in [-0.25, -0.2) is 4.39 Å². The van der Waals surface area contributed by atoms with Crippen LogP contribution in [-0.4, -0.2) is 6.54 Å². The van der Waals surface area contributed by atoms with Gasteiger partial charge in [-0.2, -0.15) is 0 Å². The molecule has 0 aromatic heterocycles. The zero-order chi connectivity index (χ0) is 14.2. The third kappa shape index (κ3) is 4.17. The van der Waals surface area contributed by atoms with E-state index in [9.17, 15) is 4.39 Å². The van der Waals surface area contributed by atoms with E-state index in [0.29, 0.717) is 0 Å². The first-order valence-corrected chi connectivity index (χ1v) is 7.33. The third-order valence-electron chi connectivity index (χ3n) is 3.50. The van der Waals surface area contributed by atoms with Crippen LogP contribution < -0.4 is 5.32 Å². The summed E-state index contributed by atoms with van der Waals surface area (Å²) in [5.74, 6) is -0.102. The Balaban J connectivity index is 2.03. The predicted octanol–water partition coefficient (Wildman–Crippen LogP) is 4.50. The van der Waals surface area contributed by atoms with Crippen molar-refractivity contribution in [3.8, 4) is 0 Å². The summed E-state index contributed by atoms with van der Waals surface area (Å²) in [6.45, 7) is 3.14. The standard InChI is InChI=1S/C18H22FN/c1-2-14-20-18(16-9-4-3-5-10-16)13-12-15-8-6-7-11-17(15)19/h3-11,18,20H,2,12-14H2,1H3. The van der Waals surface area contributed by atoms with Gasteiger partial charge in [0.05, 0.1) is 0 Å². The van der Waals surface area contributed by atoms with E-state index < -0.39 is 0 Å². The highest BCUT2D eigenvalue weighted by Gasteiger charge is 2.11. The van der Waals surface area contributed by atoms with E-state index in [2.05, 4.69) is 36.5 Å². The van der Waals surface area contributed by atoms with Gasteiger partial charge in [0.1, 0.15) is 5.82 Å². The number of nitrogens with one attached hydrogen (secondary N) is 1. The summed E-state index contributed by atoms with van der Waals surface area (Å²) in [6.07, 6.45) is 2.76. The fraction of sp³-hybridized carbons (Fsp3) is 0.333. The zero-order valence-electron chi connectivity index (χ0n) is 12.0. The van der Waals surface area contributed by atoms with Gasteiger partial charge in [0.2, 0.25) is 0 Å². The van der Waals surface area contributed by atoms with Crippen molar-refractivity contribution in [2.45, 2.75) is 32.2 Å². The summed E-state index contributed by atoms with van der Waals surface area (Å²) in [5.41, 5.74) is 2.07. The van der Waals surface area contributed by atoms with Crippen LogP contribution in [0.3, 0.4) is 0 Å². The van der Waals surface area contributed by atoms with Crippen LogP contribution in [0.2, 0.25) is 0 Å². The minimum Gasteiger partial charge on any atom is -0.310 e. The molecule has 2 rings (SSSR count). The number of rotatable bonds is 7. The number of halogens is 1. The average Bonchev–Trinajstić information content (AvgIpc) is 2.50. The lowest BCUT2D eigenvalue weighted by molar-refractivity contribution is 0.493. The van der Waals surface area contributed by atoms with Crippen LogP contribution in [0.4, 0.5) is 4.39 Å². The second-order valence-electron chi connectivity index (χ2n) is 5.05. The first kappa shape index (κ1) is 14.7. The van der Waals surface area contributed by atoms with Crippen molar-refractivity contribution >= 4 is 0 Å². The summed E-state index contributed by atoms with van der Waals surface area (Å²) in [7, 11) is 0. The summed E-state index contributed by atoms with van der Waals surface area (Å²) >= 11 is 0. The molecule has 0 bridgehead atoms. The topological polar surface area (TPSA) is 12.0 Å². The lowest BCUT2D eigenvalue weighted by Gasteiger charge is -2.19. The van der Waals surface area contributed by atoms with E-state index in [1.165, 1.54) is 11.6 Å². The maximum absolute atomic E-state index is 13.7. The molecule has 0 amide bonds. The molecule has 0 aliphatic carbocycles. The van der Waals surface area contributed by atoms with Gasteiger partial charge in [0, 0.05) is 6.04 Å². The molecule has 1 unspecified atom stereocenters. The Labute approximate surface area is 120 Å². The maximum Gasteiger partial charge on any atom is 0.126 e. The molecule has 0 heterocycles. The Hall–Kier alpha value is -1.67. The monoisotopic (exact) mass is 271 g/mol. The van der Waals surface area contributed by atoms with Crippen molar-refractivity contribution in [3.05, 3.63) is 71.5 Å². The lowest BCUT2D eigenvalue weighted by Crippen LogP contribution is -2.22. The van der Waals surface area contributed by atoms with E-state index >= 15 is 0 Å². The van der Waals surface area contributed by atoms with Crippen molar-refractivity contribution in [2.75, 3.05) is 6.54 Å². The predicted molar refractivity (Wildman–Crippen MR) is 82.2 cm³/mol. The molecule has 106 valence electrons. The molecule has 0 aliphatic rings. The van der Waals surface area contributed by atoms with Crippen LogP contribution in [0, 0.1) is 5.82 Å². The van der Waals surface area contributed by atoms with Gasteiger partial charge in [0.25, 0.3) is 0 Å². The molecule has 0 spiro atoms. The molecule has 2 aromatic rings. The Morgan fingerprint density at radius 2 is 1.70 bits per heavy atom. The number of benzene rings is 2. The van der Waals surface area contributed by atoms with Gasteiger partial charge in [-0.15, -0.1) is 0 Å². The molecule has 1 atom stereocenters. The average molecular weight is 271 g/mol. The minimum absolute atomic E-state index is 0.102. The van der Waals surface area contributed by atoms with Crippen LogP contribution in [0.15, 0.2) is 54.6 Å². The second-order valence-corrected chi connectivity index (χ2v) is 5.05. The maximum atomic E-state index is 13.7. The first-order chi connectivity index (χ1) is 9.81. The molecular weight excluding hydrogens is 249 g/mol. The smallest absolute Gasteiger partial charge is 0.126 e. The zero-order valence-corrected chi connectivity index (χ0v) is 12.0. The van der Waals surface area contributed by atoms with Crippen molar-refractivity contribution in [1.82, 2.24) is 5.32 Å². The molecule has 2 aromatic carbocycles. The van der Waals surface area contributed by atoms with Gasteiger partial charge in [0.15, 0.2) is 0 Å². The lowest BCUT2D eigenvalue weighted by atomic mass is 9.98. The Kier molecular flexibility index (Phi) is 5.75. The van der Waals surface area contributed by atoms with Gasteiger partial charge in [-0.05, 0) is 43.0 Å². The molecule has 0 radical (unpaired) electrons. The van der Waals surface area contributed by atoms with E-state index in [1.807, 2.05) is 18.2 Å². The van der Waals surface area contributed by atoms with Crippen LogP contribution in [0.1, 0.15) is 36.9 Å². The second kappa shape index (κ2) is 7.81. The molecule has 20 heavy (non-hydrogen) atoms. The van der Waals surface area contributed by atoms with Crippen molar-refractivity contribution in [3.63, 3.8) is 0 Å². The number of hydrogen-bond donors (Lipinski definition) is 1. The molecule has 0 fully saturated rings. The molecule has 0 aliphatic heterocycles. The minimum atomic E-state index is -0.102. The summed E-state index contributed by atoms with van der Waals surface area (Å²) < 4.78 is 13.7. The number of hydrogen-bond acceptors (Lipinski definition) is 1. The van der Waals surface area contributed by atoms with Gasteiger partial charge < -0.3 is 5.32 Å².